The molecule has 12 heavy (non-hydrogen) atoms. The largest absolute Gasteiger partial charge is 0.380 e. The Morgan fingerprint density at radius 2 is 2.25 bits per heavy atom. The molecule has 2 aliphatic heterocycles. The Hall–Kier alpha value is -0.120. The fourth-order valence-corrected chi connectivity index (χ4v) is 1.40. The topological polar surface area (TPSA) is 27.7 Å². The van der Waals surface area contributed by atoms with E-state index in [9.17, 15) is 0 Å². The molecule has 0 amide bonds. The molecule has 2 aliphatic rings. The summed E-state index contributed by atoms with van der Waals surface area (Å²) < 4.78 is 15.9. The average Bonchev–Trinajstić information content (AvgIpc) is 1.91. The molecule has 3 heteroatoms. The minimum atomic E-state index is 0.0778. The normalized spacial score (nSPS) is 32.2. The summed E-state index contributed by atoms with van der Waals surface area (Å²) in [4.78, 5) is 0. The molecule has 0 N–H and O–H groups in total. The molecule has 0 radical (unpaired) electrons. The Labute approximate surface area is 73.0 Å². The highest BCUT2D eigenvalue weighted by atomic mass is 16.7. The number of hydrogen-bond acceptors (Lipinski definition) is 3. The second-order valence-corrected chi connectivity index (χ2v) is 3.75. The molecule has 0 aliphatic carbocycles. The third-order valence-corrected chi connectivity index (χ3v) is 2.80. The van der Waals surface area contributed by atoms with Crippen molar-refractivity contribution in [1.82, 2.24) is 0 Å². The zero-order chi connectivity index (χ0) is 8.44. The van der Waals surface area contributed by atoms with E-state index in [0.717, 1.165) is 39.3 Å². The summed E-state index contributed by atoms with van der Waals surface area (Å²) >= 11 is 0. The highest BCUT2D eigenvalue weighted by Gasteiger charge is 2.38. The van der Waals surface area contributed by atoms with Gasteiger partial charge in [0.2, 0.25) is 0 Å². The van der Waals surface area contributed by atoms with Crippen molar-refractivity contribution in [2.24, 2.45) is 5.41 Å². The molecule has 2 saturated heterocycles. The highest BCUT2D eigenvalue weighted by molar-refractivity contribution is 4.84. The molecular weight excluding hydrogens is 156 g/mol. The molecule has 2 rings (SSSR count). The first-order chi connectivity index (χ1) is 5.85. The monoisotopic (exact) mass is 172 g/mol. The van der Waals surface area contributed by atoms with Crippen LogP contribution in [-0.4, -0.2) is 32.7 Å². The van der Waals surface area contributed by atoms with Gasteiger partial charge in [0.25, 0.3) is 0 Å². The van der Waals surface area contributed by atoms with Crippen molar-refractivity contribution >= 4 is 0 Å². The van der Waals surface area contributed by atoms with Crippen LogP contribution >= 0.6 is 0 Å². The smallest absolute Gasteiger partial charge is 0.159 e. The van der Waals surface area contributed by atoms with Crippen molar-refractivity contribution in [2.45, 2.75) is 26.1 Å². The molecule has 0 bridgehead atoms. The molecule has 0 aromatic carbocycles. The Kier molecular flexibility index (Phi) is 2.35. The van der Waals surface area contributed by atoms with Crippen molar-refractivity contribution in [3.8, 4) is 0 Å². The van der Waals surface area contributed by atoms with E-state index in [1.807, 2.05) is 0 Å². The summed E-state index contributed by atoms with van der Waals surface area (Å²) in [6.07, 6.45) is 2.27. The molecule has 0 aromatic heterocycles. The molecule has 0 aromatic rings. The van der Waals surface area contributed by atoms with E-state index in [1.165, 1.54) is 0 Å². The van der Waals surface area contributed by atoms with Crippen molar-refractivity contribution in [1.29, 1.82) is 0 Å². The minimum Gasteiger partial charge on any atom is -0.380 e. The maximum Gasteiger partial charge on any atom is 0.159 e. The predicted octanol–water partition coefficient (Wildman–Crippen LogP) is 1.18. The zero-order valence-corrected chi connectivity index (χ0v) is 7.54. The van der Waals surface area contributed by atoms with Gasteiger partial charge in [0.15, 0.2) is 6.29 Å². The molecule has 0 saturated carbocycles. The Balaban J connectivity index is 1.69. The lowest BCUT2D eigenvalue weighted by atomic mass is 9.84. The van der Waals surface area contributed by atoms with E-state index >= 15 is 0 Å². The fourth-order valence-electron chi connectivity index (χ4n) is 1.40. The second kappa shape index (κ2) is 3.32. The maximum absolute atomic E-state index is 5.57. The molecule has 70 valence electrons. The van der Waals surface area contributed by atoms with Gasteiger partial charge < -0.3 is 14.2 Å². The lowest BCUT2D eigenvalue weighted by molar-refractivity contribution is -0.250. The van der Waals surface area contributed by atoms with E-state index in [-0.39, 0.29) is 6.29 Å². The lowest BCUT2D eigenvalue weighted by Crippen LogP contribution is -2.47. The van der Waals surface area contributed by atoms with Gasteiger partial charge in [-0.3, -0.25) is 0 Å². The van der Waals surface area contributed by atoms with Crippen molar-refractivity contribution < 1.29 is 14.2 Å². The second-order valence-electron chi connectivity index (χ2n) is 3.75. The van der Waals surface area contributed by atoms with Gasteiger partial charge in [0.1, 0.15) is 0 Å². The molecular formula is C9H16O3. The van der Waals surface area contributed by atoms with Gasteiger partial charge in [0.05, 0.1) is 26.4 Å². The quantitative estimate of drug-likeness (QED) is 0.637. The maximum atomic E-state index is 5.57. The van der Waals surface area contributed by atoms with Crippen LogP contribution in [0, 0.1) is 5.41 Å². The van der Waals surface area contributed by atoms with Crippen LogP contribution in [0.4, 0.5) is 0 Å². The Morgan fingerprint density at radius 3 is 2.58 bits per heavy atom. The van der Waals surface area contributed by atoms with E-state index in [0.29, 0.717) is 5.41 Å². The van der Waals surface area contributed by atoms with Crippen molar-refractivity contribution in [2.75, 3.05) is 26.4 Å². The van der Waals surface area contributed by atoms with Gasteiger partial charge in [-0.2, -0.15) is 0 Å². The van der Waals surface area contributed by atoms with Crippen LogP contribution in [0.1, 0.15) is 19.8 Å². The van der Waals surface area contributed by atoms with Gasteiger partial charge in [0, 0.05) is 11.8 Å². The molecule has 1 atom stereocenters. The molecule has 0 spiro atoms. The first-order valence-electron chi connectivity index (χ1n) is 4.66. The van der Waals surface area contributed by atoms with E-state index in [1.54, 1.807) is 0 Å². The summed E-state index contributed by atoms with van der Waals surface area (Å²) in [5.74, 6) is 0. The standard InChI is InChI=1S/C9H16O3/c1-2-9(5-10-6-9)7-12-8-3-4-11-8/h8H,2-7H2,1H3. The summed E-state index contributed by atoms with van der Waals surface area (Å²) in [6.45, 7) is 5.56. The first-order valence-corrected chi connectivity index (χ1v) is 4.66. The molecule has 3 nitrogen and oxygen atoms in total. The number of rotatable bonds is 4. The first kappa shape index (κ1) is 8.48. The van der Waals surface area contributed by atoms with Crippen LogP contribution in [0.15, 0.2) is 0 Å². The number of ether oxygens (including phenoxy) is 3. The van der Waals surface area contributed by atoms with Gasteiger partial charge >= 0.3 is 0 Å². The summed E-state index contributed by atoms with van der Waals surface area (Å²) in [6, 6.07) is 0. The zero-order valence-electron chi connectivity index (χ0n) is 7.54. The van der Waals surface area contributed by atoms with Crippen LogP contribution in [0.25, 0.3) is 0 Å². The number of hydrogen-bond donors (Lipinski definition) is 0. The van der Waals surface area contributed by atoms with E-state index in [2.05, 4.69) is 6.92 Å². The van der Waals surface area contributed by atoms with Gasteiger partial charge in [-0.25, -0.2) is 0 Å². The molecule has 2 heterocycles. The third-order valence-electron chi connectivity index (χ3n) is 2.80. The SMILES string of the molecule is CCC1(COC2CCO2)COC1. The van der Waals surface area contributed by atoms with Gasteiger partial charge in [-0.1, -0.05) is 6.92 Å². The van der Waals surface area contributed by atoms with Crippen molar-refractivity contribution in [3.63, 3.8) is 0 Å². The lowest BCUT2D eigenvalue weighted by Gasteiger charge is -2.42. The predicted molar refractivity (Wildman–Crippen MR) is 43.9 cm³/mol. The third kappa shape index (κ3) is 1.49. The van der Waals surface area contributed by atoms with Crippen LogP contribution in [0.3, 0.4) is 0 Å². The summed E-state index contributed by atoms with van der Waals surface area (Å²) in [7, 11) is 0. The average molecular weight is 172 g/mol. The van der Waals surface area contributed by atoms with E-state index in [4.69, 9.17) is 14.2 Å². The van der Waals surface area contributed by atoms with E-state index < -0.39 is 0 Å². The summed E-state index contributed by atoms with van der Waals surface area (Å²) in [5.41, 5.74) is 0.305. The van der Waals surface area contributed by atoms with Gasteiger partial charge in [-0.05, 0) is 6.42 Å². The Morgan fingerprint density at radius 1 is 1.50 bits per heavy atom. The fraction of sp³-hybridized carbons (Fsp3) is 1.00. The van der Waals surface area contributed by atoms with Crippen LogP contribution in [0.2, 0.25) is 0 Å². The molecule has 1 unspecified atom stereocenters. The Bertz CT molecular complexity index is 144. The van der Waals surface area contributed by atoms with Crippen LogP contribution < -0.4 is 0 Å². The van der Waals surface area contributed by atoms with Crippen molar-refractivity contribution in [3.05, 3.63) is 0 Å². The van der Waals surface area contributed by atoms with Crippen LogP contribution in [-0.2, 0) is 14.2 Å². The highest BCUT2D eigenvalue weighted by Crippen LogP contribution is 2.32. The summed E-state index contributed by atoms with van der Waals surface area (Å²) in [5, 5.41) is 0. The van der Waals surface area contributed by atoms with Crippen LogP contribution in [0.5, 0.6) is 0 Å². The molecule has 2 fully saturated rings. The minimum absolute atomic E-state index is 0.0778. The van der Waals surface area contributed by atoms with Gasteiger partial charge in [-0.15, -0.1) is 0 Å².